The lowest BCUT2D eigenvalue weighted by Crippen LogP contribution is -2.31. The Hall–Kier alpha value is -1.58. The fraction of sp³-hybridized carbons (Fsp3) is 0.353. The number of fused-ring (bicyclic) bond motifs is 1. The molecule has 0 amide bonds. The van der Waals surface area contributed by atoms with E-state index in [1.807, 2.05) is 24.4 Å². The first-order valence-electron chi connectivity index (χ1n) is 7.19. The lowest BCUT2D eigenvalue weighted by Gasteiger charge is -2.27. The second-order valence-electron chi connectivity index (χ2n) is 5.43. The second kappa shape index (κ2) is 6.92. The van der Waals surface area contributed by atoms with Crippen LogP contribution in [0.15, 0.2) is 37.2 Å². The Morgan fingerprint density at radius 1 is 1.19 bits per heavy atom. The van der Waals surface area contributed by atoms with Crippen LogP contribution in [0, 0.1) is 0 Å². The van der Waals surface area contributed by atoms with E-state index in [1.54, 1.807) is 6.20 Å². The van der Waals surface area contributed by atoms with Crippen molar-refractivity contribution in [2.75, 3.05) is 0 Å². The van der Waals surface area contributed by atoms with Crippen molar-refractivity contribution >= 4 is 29.3 Å². The van der Waals surface area contributed by atoms with Crippen LogP contribution in [0.1, 0.15) is 31.2 Å². The third-order valence-electron chi connectivity index (χ3n) is 4.04. The molecular weight excluding hydrogens is 284 g/mol. The van der Waals surface area contributed by atoms with E-state index in [4.69, 9.17) is 10.5 Å². The predicted molar refractivity (Wildman–Crippen MR) is 89.9 cm³/mol. The van der Waals surface area contributed by atoms with Crippen LogP contribution in [0.25, 0.3) is 16.8 Å². The SMILES string of the molecule is C=Cc1c(OC2CCC(N)CC2)ccc2cnccc12.Cl. The molecule has 4 heteroatoms. The third-order valence-corrected chi connectivity index (χ3v) is 4.04. The number of aromatic nitrogens is 1. The summed E-state index contributed by atoms with van der Waals surface area (Å²) in [6, 6.07) is 6.43. The highest BCUT2D eigenvalue weighted by Crippen LogP contribution is 2.31. The Morgan fingerprint density at radius 2 is 1.95 bits per heavy atom. The lowest BCUT2D eigenvalue weighted by molar-refractivity contribution is 0.147. The quantitative estimate of drug-likeness (QED) is 0.934. The number of halogens is 1. The van der Waals surface area contributed by atoms with Crippen LogP contribution in [0.4, 0.5) is 0 Å². The van der Waals surface area contributed by atoms with Gasteiger partial charge < -0.3 is 10.5 Å². The van der Waals surface area contributed by atoms with Crippen molar-refractivity contribution < 1.29 is 4.74 Å². The smallest absolute Gasteiger partial charge is 0.127 e. The summed E-state index contributed by atoms with van der Waals surface area (Å²) in [5.41, 5.74) is 7.00. The molecule has 0 radical (unpaired) electrons. The van der Waals surface area contributed by atoms with Gasteiger partial charge in [-0.1, -0.05) is 12.7 Å². The molecule has 0 spiro atoms. The highest BCUT2D eigenvalue weighted by molar-refractivity contribution is 5.92. The van der Waals surface area contributed by atoms with Gasteiger partial charge in [0.15, 0.2) is 0 Å². The maximum absolute atomic E-state index is 6.19. The fourth-order valence-electron chi connectivity index (χ4n) is 2.87. The molecule has 1 aromatic heterocycles. The summed E-state index contributed by atoms with van der Waals surface area (Å²) in [6.07, 6.45) is 9.97. The van der Waals surface area contributed by atoms with E-state index in [0.717, 1.165) is 47.8 Å². The fourth-order valence-corrected chi connectivity index (χ4v) is 2.87. The second-order valence-corrected chi connectivity index (χ2v) is 5.43. The number of hydrogen-bond acceptors (Lipinski definition) is 3. The number of benzene rings is 1. The summed E-state index contributed by atoms with van der Waals surface area (Å²) < 4.78 is 6.19. The van der Waals surface area contributed by atoms with Crippen LogP contribution >= 0.6 is 12.4 Å². The monoisotopic (exact) mass is 304 g/mol. The molecule has 3 rings (SSSR count). The van der Waals surface area contributed by atoms with Crippen molar-refractivity contribution in [1.29, 1.82) is 0 Å². The highest BCUT2D eigenvalue weighted by Gasteiger charge is 2.20. The number of pyridine rings is 1. The van der Waals surface area contributed by atoms with Gasteiger partial charge in [0.2, 0.25) is 0 Å². The summed E-state index contributed by atoms with van der Waals surface area (Å²) in [5, 5.41) is 2.25. The van der Waals surface area contributed by atoms with Crippen LogP contribution in [-0.4, -0.2) is 17.1 Å². The van der Waals surface area contributed by atoms with Crippen LogP contribution in [0.5, 0.6) is 5.75 Å². The van der Waals surface area contributed by atoms with Gasteiger partial charge >= 0.3 is 0 Å². The Morgan fingerprint density at radius 3 is 2.67 bits per heavy atom. The number of nitrogens with two attached hydrogens (primary N) is 1. The first-order valence-corrected chi connectivity index (χ1v) is 7.19. The number of nitrogens with zero attached hydrogens (tertiary/aromatic N) is 1. The van der Waals surface area contributed by atoms with E-state index in [0.29, 0.717) is 6.04 Å². The van der Waals surface area contributed by atoms with Gasteiger partial charge in [-0.25, -0.2) is 0 Å². The Balaban J connectivity index is 0.00000161. The zero-order valence-electron chi connectivity index (χ0n) is 12.0. The number of ether oxygens (including phenoxy) is 1. The van der Waals surface area contributed by atoms with Crippen molar-refractivity contribution in [3.05, 3.63) is 42.7 Å². The summed E-state index contributed by atoms with van der Waals surface area (Å²) in [7, 11) is 0. The van der Waals surface area contributed by atoms with Gasteiger partial charge in [-0.15, -0.1) is 12.4 Å². The maximum atomic E-state index is 6.19. The average Bonchev–Trinajstić information content (AvgIpc) is 2.49. The summed E-state index contributed by atoms with van der Waals surface area (Å²) in [6.45, 7) is 3.93. The minimum absolute atomic E-state index is 0. The lowest BCUT2D eigenvalue weighted by atomic mass is 9.93. The molecule has 3 nitrogen and oxygen atoms in total. The van der Waals surface area contributed by atoms with Gasteiger partial charge in [0, 0.05) is 29.4 Å². The molecule has 1 fully saturated rings. The molecule has 21 heavy (non-hydrogen) atoms. The Kier molecular flexibility index (Phi) is 5.21. The van der Waals surface area contributed by atoms with Gasteiger partial charge in [-0.2, -0.15) is 0 Å². The van der Waals surface area contributed by atoms with Crippen molar-refractivity contribution in [3.8, 4) is 5.75 Å². The molecule has 0 saturated heterocycles. The molecule has 0 bridgehead atoms. The van der Waals surface area contributed by atoms with E-state index < -0.39 is 0 Å². The molecule has 1 aromatic carbocycles. The van der Waals surface area contributed by atoms with E-state index in [1.165, 1.54) is 0 Å². The predicted octanol–water partition coefficient (Wildman–Crippen LogP) is 3.95. The minimum Gasteiger partial charge on any atom is -0.490 e. The van der Waals surface area contributed by atoms with Gasteiger partial charge in [0.05, 0.1) is 6.10 Å². The van der Waals surface area contributed by atoms with Crippen molar-refractivity contribution in [1.82, 2.24) is 4.98 Å². The molecular formula is C17H21ClN2O. The van der Waals surface area contributed by atoms with Crippen molar-refractivity contribution in [2.24, 2.45) is 5.73 Å². The molecule has 0 unspecified atom stereocenters. The normalized spacial score (nSPS) is 21.6. The summed E-state index contributed by atoms with van der Waals surface area (Å²) >= 11 is 0. The van der Waals surface area contributed by atoms with Crippen molar-refractivity contribution in [3.63, 3.8) is 0 Å². The van der Waals surface area contributed by atoms with Crippen LogP contribution in [0.2, 0.25) is 0 Å². The zero-order valence-corrected chi connectivity index (χ0v) is 12.8. The average molecular weight is 305 g/mol. The highest BCUT2D eigenvalue weighted by atomic mass is 35.5. The minimum atomic E-state index is 0. The zero-order chi connectivity index (χ0) is 13.9. The molecule has 2 aromatic rings. The van der Waals surface area contributed by atoms with E-state index in [-0.39, 0.29) is 18.5 Å². The Bertz CT molecular complexity index is 621. The number of rotatable bonds is 3. The van der Waals surface area contributed by atoms with Crippen molar-refractivity contribution in [2.45, 2.75) is 37.8 Å². The standard InChI is InChI=1S/C17H20N2O.ClH/c1-2-15-16-9-10-19-11-12(16)3-8-17(15)20-14-6-4-13(18)5-7-14;/h2-3,8-11,13-14H,1,4-7,18H2;1H. The van der Waals surface area contributed by atoms with Gasteiger partial charge in [-0.3, -0.25) is 4.98 Å². The van der Waals surface area contributed by atoms with Gasteiger partial charge in [0.1, 0.15) is 5.75 Å². The summed E-state index contributed by atoms with van der Waals surface area (Å²) in [4.78, 5) is 4.15. The van der Waals surface area contributed by atoms with Gasteiger partial charge in [0.25, 0.3) is 0 Å². The van der Waals surface area contributed by atoms with Crippen LogP contribution in [-0.2, 0) is 0 Å². The van der Waals surface area contributed by atoms with Crippen LogP contribution < -0.4 is 10.5 Å². The molecule has 2 N–H and O–H groups in total. The molecule has 0 aliphatic heterocycles. The Labute approximate surface area is 131 Å². The molecule has 0 atom stereocenters. The van der Waals surface area contributed by atoms with Gasteiger partial charge in [-0.05, 0) is 49.3 Å². The van der Waals surface area contributed by atoms with E-state index >= 15 is 0 Å². The van der Waals surface area contributed by atoms with Crippen LogP contribution in [0.3, 0.4) is 0 Å². The van der Waals surface area contributed by atoms with E-state index in [9.17, 15) is 0 Å². The number of hydrogen-bond donors (Lipinski definition) is 1. The molecule has 1 saturated carbocycles. The first kappa shape index (κ1) is 15.8. The molecule has 112 valence electrons. The van der Waals surface area contributed by atoms with E-state index in [2.05, 4.69) is 17.6 Å². The first-order chi connectivity index (χ1) is 9.78. The summed E-state index contributed by atoms with van der Waals surface area (Å²) in [5.74, 6) is 0.916. The maximum Gasteiger partial charge on any atom is 0.127 e. The molecule has 1 aliphatic rings. The molecule has 1 aliphatic carbocycles. The topological polar surface area (TPSA) is 48.1 Å². The molecule has 1 heterocycles. The largest absolute Gasteiger partial charge is 0.490 e. The third kappa shape index (κ3) is 3.36.